The van der Waals surface area contributed by atoms with E-state index in [0.29, 0.717) is 6.10 Å². The zero-order chi connectivity index (χ0) is 18.0. The molecule has 1 aliphatic carbocycles. The van der Waals surface area contributed by atoms with Crippen LogP contribution in [-0.4, -0.2) is 6.10 Å². The van der Waals surface area contributed by atoms with Crippen molar-refractivity contribution in [2.75, 3.05) is 0 Å². The van der Waals surface area contributed by atoms with Crippen LogP contribution in [0.2, 0.25) is 0 Å². The average molecular weight is 382 g/mol. The molecule has 0 N–H and O–H groups in total. The minimum atomic E-state index is -10.7. The zero-order valence-electron chi connectivity index (χ0n) is 12.9. The van der Waals surface area contributed by atoms with Crippen LogP contribution in [0, 0.1) is 13.8 Å². The van der Waals surface area contributed by atoms with Crippen molar-refractivity contribution in [2.45, 2.75) is 57.0 Å². The van der Waals surface area contributed by atoms with Gasteiger partial charge in [-0.3, -0.25) is 0 Å². The number of benzene rings is 1. The molecule has 0 radical (unpaired) electrons. The van der Waals surface area contributed by atoms with Gasteiger partial charge in [-0.1, -0.05) is 6.42 Å². The maximum atomic E-state index is 9.87. The van der Waals surface area contributed by atoms with Gasteiger partial charge in [0.05, 0.1) is 6.10 Å². The normalized spacial score (nSPS) is 19.2. The Kier molecular flexibility index (Phi) is 5.64. The van der Waals surface area contributed by atoms with Crippen LogP contribution in [-0.2, 0) is 12.6 Å². The van der Waals surface area contributed by atoms with Gasteiger partial charge in [0, 0.05) is 5.56 Å². The van der Waals surface area contributed by atoms with Crippen molar-refractivity contribution in [1.82, 2.24) is 0 Å². The first-order valence-electron chi connectivity index (χ1n) is 7.18. The van der Waals surface area contributed by atoms with Gasteiger partial charge in [0.2, 0.25) is 0 Å². The van der Waals surface area contributed by atoms with E-state index < -0.39 is 7.81 Å². The third-order valence-electron chi connectivity index (χ3n) is 3.58. The van der Waals surface area contributed by atoms with E-state index in [1.807, 2.05) is 0 Å². The summed E-state index contributed by atoms with van der Waals surface area (Å²) in [4.78, 5) is 1.16. The molecule has 1 aliphatic rings. The summed E-state index contributed by atoms with van der Waals surface area (Å²) in [6, 6.07) is 4.16. The summed E-state index contributed by atoms with van der Waals surface area (Å²) in [5.41, 5.74) is 2.54. The summed E-state index contributed by atoms with van der Waals surface area (Å²) >= 11 is 3.60. The first kappa shape index (κ1) is 20.4. The number of hydrogen-bond donors (Lipinski definition) is 0. The predicted octanol–water partition coefficient (Wildman–Crippen LogP) is 6.77. The van der Waals surface area contributed by atoms with E-state index in [-0.39, 0.29) is 0 Å². The number of halogens is 6. The second-order valence-corrected chi connectivity index (χ2v) is 8.15. The molecule has 1 aromatic rings. The SMILES string of the molecule is Cc1c([SH2+])ccc(OC2CCCCC2)c1C.F[P-](F)(F)(F)(F)F. The van der Waals surface area contributed by atoms with Gasteiger partial charge in [-0.25, -0.2) is 0 Å². The van der Waals surface area contributed by atoms with E-state index in [4.69, 9.17) is 4.74 Å². The molecular weight excluding hydrogens is 361 g/mol. The Bertz CT molecular complexity index is 540. The summed E-state index contributed by atoms with van der Waals surface area (Å²) in [6.07, 6.45) is 6.88. The Morgan fingerprint density at radius 3 is 1.87 bits per heavy atom. The van der Waals surface area contributed by atoms with Crippen LogP contribution in [0.15, 0.2) is 17.0 Å². The van der Waals surface area contributed by atoms with Gasteiger partial charge in [0.25, 0.3) is 0 Å². The summed E-state index contributed by atoms with van der Waals surface area (Å²) in [5, 5.41) is 0. The van der Waals surface area contributed by atoms with Gasteiger partial charge < -0.3 is 4.74 Å². The first-order chi connectivity index (χ1) is 10.1. The third kappa shape index (κ3) is 9.97. The van der Waals surface area contributed by atoms with Crippen molar-refractivity contribution in [3.8, 4) is 5.75 Å². The van der Waals surface area contributed by atoms with E-state index in [9.17, 15) is 25.2 Å². The third-order valence-corrected chi connectivity index (χ3v) is 4.12. The standard InChI is InChI=1S/C14H20OS.F6P/c1-10-11(2)14(16)9-8-13(10)15-12-6-4-3-5-7-12;1-7(2,3,4,5)6/h8-9,12,16H,3-7H2,1-2H3;/q;-1/p+1. The van der Waals surface area contributed by atoms with Crippen molar-refractivity contribution < 1.29 is 29.9 Å². The topological polar surface area (TPSA) is 9.23 Å². The fourth-order valence-electron chi connectivity index (χ4n) is 2.29. The second kappa shape index (κ2) is 6.36. The van der Waals surface area contributed by atoms with Crippen molar-refractivity contribution >= 4 is 20.4 Å². The van der Waals surface area contributed by atoms with Crippen molar-refractivity contribution in [3.63, 3.8) is 0 Å². The molecular formula is C14H21F6OPS. The summed E-state index contributed by atoms with van der Waals surface area (Å²) in [6.45, 7) is 4.27. The molecule has 136 valence electrons. The van der Waals surface area contributed by atoms with E-state index >= 15 is 0 Å². The number of rotatable bonds is 2. The summed E-state index contributed by atoms with van der Waals surface area (Å²) in [5.74, 6) is 1.06. The monoisotopic (exact) mass is 382 g/mol. The quantitative estimate of drug-likeness (QED) is 0.312. The predicted molar refractivity (Wildman–Crippen MR) is 85.4 cm³/mol. The van der Waals surface area contributed by atoms with Crippen LogP contribution in [0.25, 0.3) is 0 Å². The number of hydrogen-bond acceptors (Lipinski definition) is 1. The van der Waals surface area contributed by atoms with E-state index in [1.54, 1.807) is 0 Å². The van der Waals surface area contributed by atoms with Crippen LogP contribution in [0.5, 0.6) is 5.75 Å². The molecule has 1 fully saturated rings. The minimum absolute atomic E-state index is 0.437. The Hall–Kier alpha value is -0.620. The van der Waals surface area contributed by atoms with Crippen molar-refractivity contribution in [3.05, 3.63) is 23.3 Å². The van der Waals surface area contributed by atoms with Gasteiger partial charge in [-0.15, -0.1) is 0 Å². The Balaban J connectivity index is 0.000000322. The van der Waals surface area contributed by atoms with E-state index in [1.165, 1.54) is 43.2 Å². The fourth-order valence-corrected chi connectivity index (χ4v) is 2.56. The molecule has 1 aromatic carbocycles. The van der Waals surface area contributed by atoms with E-state index in [0.717, 1.165) is 10.6 Å². The molecule has 0 spiro atoms. The van der Waals surface area contributed by atoms with Crippen LogP contribution < -0.4 is 4.74 Å². The Morgan fingerprint density at radius 2 is 1.39 bits per heavy atom. The molecule has 0 heterocycles. The summed E-state index contributed by atoms with van der Waals surface area (Å²) < 4.78 is 65.3. The van der Waals surface area contributed by atoms with Crippen molar-refractivity contribution in [1.29, 1.82) is 0 Å². The molecule has 9 heteroatoms. The van der Waals surface area contributed by atoms with Crippen molar-refractivity contribution in [2.24, 2.45) is 0 Å². The van der Waals surface area contributed by atoms with Crippen LogP contribution in [0.1, 0.15) is 43.2 Å². The molecule has 2 rings (SSSR count). The molecule has 1 nitrogen and oxygen atoms in total. The van der Waals surface area contributed by atoms with Crippen LogP contribution in [0.3, 0.4) is 0 Å². The molecule has 0 atom stereocenters. The van der Waals surface area contributed by atoms with Gasteiger partial charge in [0.15, 0.2) is 4.90 Å². The second-order valence-electron chi connectivity index (χ2n) is 5.70. The van der Waals surface area contributed by atoms with Gasteiger partial charge in [-0.05, 0) is 69.9 Å². The Morgan fingerprint density at radius 1 is 0.913 bits per heavy atom. The molecule has 0 unspecified atom stereocenters. The molecule has 0 aliphatic heterocycles. The molecule has 0 saturated heterocycles. The summed E-state index contributed by atoms with van der Waals surface area (Å²) in [7, 11) is -10.7. The molecule has 0 bridgehead atoms. The zero-order valence-corrected chi connectivity index (χ0v) is 14.8. The Labute approximate surface area is 137 Å². The number of ether oxygens (including phenoxy) is 1. The molecule has 1 saturated carbocycles. The van der Waals surface area contributed by atoms with Crippen LogP contribution >= 0.6 is 7.81 Å². The molecule has 0 aromatic heterocycles. The van der Waals surface area contributed by atoms with Gasteiger partial charge >= 0.3 is 33.0 Å². The van der Waals surface area contributed by atoms with Crippen LogP contribution in [0.4, 0.5) is 25.2 Å². The first-order valence-corrected chi connectivity index (χ1v) is 9.71. The molecule has 0 amide bonds. The van der Waals surface area contributed by atoms with E-state index in [2.05, 4.69) is 38.6 Å². The van der Waals surface area contributed by atoms with Gasteiger partial charge in [0.1, 0.15) is 5.75 Å². The molecule has 23 heavy (non-hydrogen) atoms. The fraction of sp³-hybridized carbons (Fsp3) is 0.571. The maximum absolute atomic E-state index is 10.7. The van der Waals surface area contributed by atoms with Gasteiger partial charge in [-0.2, -0.15) is 0 Å². The average Bonchev–Trinajstić information content (AvgIpc) is 2.37.